The molecule has 5 atom stereocenters. The maximum Gasteiger partial charge on any atom is 0.339 e. The van der Waals surface area contributed by atoms with Crippen molar-refractivity contribution in [1.82, 2.24) is 0 Å². The number of fused-ring (bicyclic) bond motifs is 2. The van der Waals surface area contributed by atoms with E-state index in [1.165, 1.54) is 84.3 Å². The van der Waals surface area contributed by atoms with Crippen LogP contribution in [-0.2, 0) is 19.0 Å². The number of carboxylic acids is 1. The lowest BCUT2D eigenvalue weighted by atomic mass is 9.84. The Bertz CT molecular complexity index is 3600. The Kier molecular flexibility index (Phi) is 24.1. The predicted octanol–water partition coefficient (Wildman–Crippen LogP) is 9.67. The van der Waals surface area contributed by atoms with Crippen molar-refractivity contribution < 1.29 is 116 Å². The van der Waals surface area contributed by atoms with E-state index in [4.69, 9.17) is 66.3 Å². The molecule has 24 heteroatoms. The van der Waals surface area contributed by atoms with Crippen LogP contribution in [0.3, 0.4) is 0 Å². The average molecular weight is 1260 g/mol. The number of esters is 2. The van der Waals surface area contributed by atoms with Crippen LogP contribution in [0.4, 0.5) is 0 Å². The van der Waals surface area contributed by atoms with Crippen LogP contribution in [0.15, 0.2) is 48.5 Å². The fourth-order valence-corrected chi connectivity index (χ4v) is 11.2. The molecule has 1 heterocycles. The van der Waals surface area contributed by atoms with Crippen LogP contribution >= 0.6 is 0 Å². The van der Waals surface area contributed by atoms with Crippen LogP contribution in [0.2, 0.25) is 0 Å². The van der Waals surface area contributed by atoms with Gasteiger partial charge in [0.05, 0.1) is 108 Å². The number of aliphatic carboxylic acids is 1. The Labute approximate surface area is 521 Å². The Morgan fingerprint density at radius 1 is 0.444 bits per heavy atom. The van der Waals surface area contributed by atoms with Crippen LogP contribution in [0.25, 0.3) is 43.8 Å². The fraction of sp³-hybridized carbons (Fsp3) is 0.439. The van der Waals surface area contributed by atoms with Gasteiger partial charge < -0.3 is 91.8 Å². The molecule has 1 aliphatic heterocycles. The second-order valence-electron chi connectivity index (χ2n) is 20.7. The highest BCUT2D eigenvalue weighted by Gasteiger charge is 2.49. The lowest BCUT2D eigenvalue weighted by molar-refractivity contribution is -0.270. The van der Waals surface area contributed by atoms with Crippen molar-refractivity contribution in [1.29, 1.82) is 0 Å². The van der Waals surface area contributed by atoms with Gasteiger partial charge in [-0.3, -0.25) is 9.59 Å². The third kappa shape index (κ3) is 13.5. The van der Waals surface area contributed by atoms with E-state index in [1.807, 2.05) is 27.7 Å². The maximum atomic E-state index is 14.6. The van der Waals surface area contributed by atoms with E-state index in [0.29, 0.717) is 52.2 Å². The molecule has 7 rings (SSSR count). The first kappa shape index (κ1) is 70.1. The van der Waals surface area contributed by atoms with Gasteiger partial charge in [-0.05, 0) is 59.4 Å². The summed E-state index contributed by atoms with van der Waals surface area (Å²) in [6, 6.07) is 13.0. The summed E-state index contributed by atoms with van der Waals surface area (Å²) in [5.41, 5.74) is 0.529. The number of rotatable bonds is 27. The summed E-state index contributed by atoms with van der Waals surface area (Å²) in [6.45, 7) is 7.84. The van der Waals surface area contributed by atoms with Gasteiger partial charge in [0, 0.05) is 45.5 Å². The second kappa shape index (κ2) is 31.0. The Hall–Kier alpha value is -8.97. The molecule has 0 radical (unpaired) electrons. The summed E-state index contributed by atoms with van der Waals surface area (Å²) in [5, 5.41) is 54.2. The third-order valence-electron chi connectivity index (χ3n) is 16.1. The number of aromatic hydroxyl groups is 1. The number of Topliss-reactive ketones (excluding diaryl/α,β-unsaturated/α-hetero) is 2. The topological polar surface area (TPSA) is 316 Å². The van der Waals surface area contributed by atoms with Crippen molar-refractivity contribution in [3.8, 4) is 91.2 Å². The highest BCUT2D eigenvalue weighted by Crippen LogP contribution is 2.56. The number of aliphatic hydroxyl groups excluding tert-OH is 3. The number of carbonyl (C=O) groups excluding carboxylic acids is 4. The number of hydrogen-bond donors (Lipinski definition) is 5. The van der Waals surface area contributed by atoms with E-state index in [-0.39, 0.29) is 126 Å². The molecule has 488 valence electrons. The molecular weight excluding hydrogens is 1180 g/mol. The molecule has 90 heavy (non-hydrogen) atoms. The third-order valence-corrected chi connectivity index (χ3v) is 16.1. The van der Waals surface area contributed by atoms with Gasteiger partial charge in [-0.25, -0.2) is 14.4 Å². The summed E-state index contributed by atoms with van der Waals surface area (Å²) in [4.78, 5) is 68.0. The minimum absolute atomic E-state index is 0.0367. The first-order chi connectivity index (χ1) is 43.1. The zero-order valence-corrected chi connectivity index (χ0v) is 53.4. The molecule has 6 aromatic rings. The monoisotopic (exact) mass is 1260 g/mol. The standard InChI is InChI=1S/C36H44O15.C30H36O9/c1-9-16(10-2)13-19(37)25-26(35(43)49-8)23(17-11-12-20(44-3)21(14-17)45-4)24-18(15-22(46-5)31(47-6)32(24)48-7)30(25)50-36-29(40)27(38)28(39)33(51-36)34(41)42;1-9-16(10-2)13-19(31)25-26(30(33)39-8)23(17-11-12-20(34-3)21(14-17)35-4)24-18(27(25)32)15-22(36-5)28(37-6)29(24)38-7/h11-12,14-16,27-29,33,36,38-40H,9-10,13H2,1-8H3,(H,41,42);11-12,14-16,32H,9-10,13H2,1-8H3. The van der Waals surface area contributed by atoms with Gasteiger partial charge >= 0.3 is 17.9 Å². The number of aliphatic hydroxyl groups is 3. The largest absolute Gasteiger partial charge is 0.507 e. The fourth-order valence-electron chi connectivity index (χ4n) is 11.2. The van der Waals surface area contributed by atoms with Gasteiger partial charge in [0.1, 0.15) is 29.8 Å². The van der Waals surface area contributed by atoms with Gasteiger partial charge in [-0.1, -0.05) is 65.5 Å². The van der Waals surface area contributed by atoms with Gasteiger partial charge in [0.25, 0.3) is 0 Å². The Morgan fingerprint density at radius 3 is 1.21 bits per heavy atom. The molecule has 1 saturated heterocycles. The molecule has 0 aromatic heterocycles. The minimum atomic E-state index is -2.03. The smallest absolute Gasteiger partial charge is 0.339 e. The number of ether oxygens (including phenoxy) is 14. The van der Waals surface area contributed by atoms with Crippen LogP contribution in [0, 0.1) is 11.8 Å². The molecule has 0 aliphatic carbocycles. The highest BCUT2D eigenvalue weighted by atomic mass is 16.7. The SMILES string of the molecule is CCC(CC)CC(=O)c1c(C(=O)OC)c(-c2ccc(OC)c(OC)c2)c2c(OC)c(OC)c(OC)cc2c1O.CCC(CC)CC(=O)c1c(C(=O)OC)c(-c2ccc(OC)c(OC)c2)c2c(OC)c(OC)c(OC)cc2c1OC1OC(C(=O)O)C(O)C(O)C1O. The maximum absolute atomic E-state index is 14.6. The first-order valence-electron chi connectivity index (χ1n) is 28.7. The Balaban J connectivity index is 0.000000297. The number of carbonyl (C=O) groups is 5. The van der Waals surface area contributed by atoms with Crippen LogP contribution in [0.5, 0.6) is 69.0 Å². The van der Waals surface area contributed by atoms with Crippen molar-refractivity contribution >= 4 is 51.0 Å². The molecule has 5 unspecified atom stereocenters. The average Bonchev–Trinajstić information content (AvgIpc) is 0.733. The molecule has 1 aliphatic rings. The van der Waals surface area contributed by atoms with Gasteiger partial charge in [0.15, 0.2) is 63.7 Å². The van der Waals surface area contributed by atoms with Crippen LogP contribution in [-0.4, -0.2) is 171 Å². The molecule has 6 aromatic carbocycles. The molecule has 0 bridgehead atoms. The van der Waals surface area contributed by atoms with Gasteiger partial charge in [-0.2, -0.15) is 0 Å². The van der Waals surface area contributed by atoms with E-state index in [2.05, 4.69) is 0 Å². The lowest BCUT2D eigenvalue weighted by Crippen LogP contribution is -2.61. The van der Waals surface area contributed by atoms with E-state index < -0.39 is 54.4 Å². The highest BCUT2D eigenvalue weighted by molar-refractivity contribution is 6.23. The Morgan fingerprint density at radius 2 is 0.833 bits per heavy atom. The zero-order valence-electron chi connectivity index (χ0n) is 53.4. The summed E-state index contributed by atoms with van der Waals surface area (Å²) in [6.07, 6.45) is -7.19. The van der Waals surface area contributed by atoms with Crippen molar-refractivity contribution in [2.45, 2.75) is 96.9 Å². The number of benzene rings is 6. The summed E-state index contributed by atoms with van der Waals surface area (Å²) < 4.78 is 78.2. The van der Waals surface area contributed by atoms with E-state index in [0.717, 1.165) is 20.0 Å². The number of methoxy groups -OCH3 is 12. The lowest BCUT2D eigenvalue weighted by Gasteiger charge is -2.39. The van der Waals surface area contributed by atoms with Crippen molar-refractivity contribution in [3.05, 3.63) is 70.8 Å². The summed E-state index contributed by atoms with van der Waals surface area (Å²) in [7, 11) is 16.7. The molecule has 1 fully saturated rings. The number of ketones is 2. The predicted molar refractivity (Wildman–Crippen MR) is 330 cm³/mol. The second-order valence-corrected chi connectivity index (χ2v) is 20.7. The molecule has 0 amide bonds. The molecule has 5 N–H and O–H groups in total. The molecular formula is C66H80O24. The molecule has 24 nitrogen and oxygen atoms in total. The normalized spacial score (nSPS) is 16.1. The number of phenols is 1. The molecule has 0 saturated carbocycles. The van der Waals surface area contributed by atoms with Crippen LogP contribution < -0.4 is 52.1 Å². The van der Waals surface area contributed by atoms with Gasteiger partial charge in [-0.15, -0.1) is 0 Å². The number of phenolic OH excluding ortho intramolecular Hbond substituents is 1. The van der Waals surface area contributed by atoms with E-state index in [1.54, 1.807) is 42.5 Å². The number of carboxylic acid groups (broad SMARTS) is 1. The number of hydrogen-bond acceptors (Lipinski definition) is 23. The summed E-state index contributed by atoms with van der Waals surface area (Å²) >= 11 is 0. The van der Waals surface area contributed by atoms with Crippen LogP contribution in [0.1, 0.15) is 108 Å². The van der Waals surface area contributed by atoms with E-state index in [9.17, 15) is 49.5 Å². The van der Waals surface area contributed by atoms with Gasteiger partial charge in [0.2, 0.25) is 17.8 Å². The summed E-state index contributed by atoms with van der Waals surface area (Å²) in [5.74, 6) is -2.59. The molecule has 0 spiro atoms. The van der Waals surface area contributed by atoms with Crippen molar-refractivity contribution in [3.63, 3.8) is 0 Å². The first-order valence-corrected chi connectivity index (χ1v) is 28.7. The quantitative estimate of drug-likeness (QED) is 0.0237. The zero-order chi connectivity index (χ0) is 66.6. The van der Waals surface area contributed by atoms with Crippen molar-refractivity contribution in [2.75, 3.05) is 85.3 Å². The van der Waals surface area contributed by atoms with Crippen molar-refractivity contribution in [2.24, 2.45) is 11.8 Å². The minimum Gasteiger partial charge on any atom is -0.507 e. The van der Waals surface area contributed by atoms with E-state index >= 15 is 0 Å².